The summed E-state index contributed by atoms with van der Waals surface area (Å²) in [6.45, 7) is 1.91. The van der Waals surface area contributed by atoms with Crippen LogP contribution >= 0.6 is 22.9 Å². The molecule has 7 nitrogen and oxygen atoms in total. The van der Waals surface area contributed by atoms with Gasteiger partial charge in [0.05, 0.1) is 41.2 Å². The van der Waals surface area contributed by atoms with Crippen molar-refractivity contribution in [1.82, 2.24) is 9.97 Å². The molecule has 3 N–H and O–H groups in total. The largest absolute Gasteiger partial charge is 0.494 e. The quantitative estimate of drug-likeness (QED) is 0.173. The maximum absolute atomic E-state index is 11.8. The Morgan fingerprint density at radius 2 is 1.90 bits per heavy atom. The van der Waals surface area contributed by atoms with Crippen molar-refractivity contribution in [2.45, 2.75) is 13.3 Å². The van der Waals surface area contributed by atoms with E-state index in [9.17, 15) is 9.90 Å². The summed E-state index contributed by atoms with van der Waals surface area (Å²) in [7, 11) is 3.41. The van der Waals surface area contributed by atoms with Crippen molar-refractivity contribution in [3.63, 3.8) is 0 Å². The predicted molar refractivity (Wildman–Crippen MR) is 159 cm³/mol. The number of halogens is 1. The number of ether oxygens (including phenoxy) is 1. The zero-order valence-corrected chi connectivity index (χ0v) is 23.1. The van der Waals surface area contributed by atoms with E-state index >= 15 is 0 Å². The van der Waals surface area contributed by atoms with Crippen LogP contribution in [-0.2, 0) is 11.2 Å². The zero-order valence-electron chi connectivity index (χ0n) is 21.5. The molecule has 0 aliphatic heterocycles. The second kappa shape index (κ2) is 10.8. The zero-order chi connectivity index (χ0) is 27.7. The number of pyridine rings is 1. The van der Waals surface area contributed by atoms with Gasteiger partial charge in [-0.2, -0.15) is 0 Å². The number of benzene rings is 3. The van der Waals surface area contributed by atoms with Crippen LogP contribution in [0.2, 0.25) is 5.02 Å². The Labute approximate surface area is 234 Å². The first-order valence-corrected chi connectivity index (χ1v) is 13.3. The lowest BCUT2D eigenvalue weighted by Gasteiger charge is -2.13. The van der Waals surface area contributed by atoms with Gasteiger partial charge in [-0.3, -0.25) is 9.78 Å². The summed E-state index contributed by atoms with van der Waals surface area (Å²) in [5, 5.41) is 21.9. The number of hydrogen-bond acceptors (Lipinski definition) is 7. The van der Waals surface area contributed by atoms with E-state index in [0.717, 1.165) is 65.5 Å². The van der Waals surface area contributed by atoms with Crippen LogP contribution < -0.4 is 10.1 Å². The number of thiazole rings is 1. The van der Waals surface area contributed by atoms with E-state index in [0.29, 0.717) is 10.8 Å². The van der Waals surface area contributed by atoms with Gasteiger partial charge in [-0.25, -0.2) is 4.98 Å². The third-order valence-electron chi connectivity index (χ3n) is 6.56. The average Bonchev–Trinajstić information content (AvgIpc) is 3.36. The van der Waals surface area contributed by atoms with Crippen molar-refractivity contribution in [3.8, 4) is 38.7 Å². The van der Waals surface area contributed by atoms with Crippen molar-refractivity contribution >= 4 is 51.0 Å². The molecule has 5 rings (SSSR count). The molecule has 0 fully saturated rings. The predicted octanol–water partition coefficient (Wildman–Crippen LogP) is 7.33. The number of fused-ring (bicyclic) bond motifs is 1. The van der Waals surface area contributed by atoms with Crippen molar-refractivity contribution in [2.24, 2.45) is 0 Å². The summed E-state index contributed by atoms with van der Waals surface area (Å²) < 4.78 is 6.55. The van der Waals surface area contributed by atoms with E-state index in [1.165, 1.54) is 17.6 Å². The number of anilines is 1. The summed E-state index contributed by atoms with van der Waals surface area (Å²) in [4.78, 5) is 21.4. The molecule has 2 aromatic heterocycles. The minimum absolute atomic E-state index is 0.104. The van der Waals surface area contributed by atoms with Gasteiger partial charge in [0, 0.05) is 40.7 Å². The Morgan fingerprint density at radius 3 is 2.56 bits per heavy atom. The van der Waals surface area contributed by atoms with Crippen LogP contribution in [0.3, 0.4) is 0 Å². The van der Waals surface area contributed by atoms with Gasteiger partial charge in [0.25, 0.3) is 0 Å². The summed E-state index contributed by atoms with van der Waals surface area (Å²) in [6.07, 6.45) is 2.88. The molecule has 0 radical (unpaired) electrons. The Balaban J connectivity index is 1.72. The molecule has 0 aliphatic carbocycles. The fraction of sp³-hybridized carbons (Fsp3) is 0.133. The number of nitrogens with zero attached hydrogens (tertiary/aromatic N) is 2. The minimum atomic E-state index is -0.897. The topological polar surface area (TPSA) is 108 Å². The van der Waals surface area contributed by atoms with Crippen LogP contribution in [0.4, 0.5) is 5.69 Å². The standard InChI is InChI=1S/C30H25ClN4O3S/c1-16-10-25-29(28(21(16)13-27(36)37)17-4-7-20(31)8-5-17)39-30(35-25)22-12-24(34-15-26(22)38-3)18-6-9-23(33-2)19(11-18)14-32/h4-12,14-15,32-33H,13H2,1-3H3,(H,36,37). The van der Waals surface area contributed by atoms with Crippen LogP contribution in [0.1, 0.15) is 16.7 Å². The first kappa shape index (κ1) is 26.3. The third-order valence-corrected chi connectivity index (χ3v) is 7.94. The normalized spacial score (nSPS) is 11.0. The van der Waals surface area contributed by atoms with Gasteiger partial charge in [-0.15, -0.1) is 11.3 Å². The Kier molecular flexibility index (Phi) is 7.32. The highest BCUT2D eigenvalue weighted by Gasteiger charge is 2.21. The first-order chi connectivity index (χ1) is 18.8. The summed E-state index contributed by atoms with van der Waals surface area (Å²) in [6, 6.07) is 17.1. The van der Waals surface area contributed by atoms with Crippen LogP contribution in [0, 0.1) is 12.3 Å². The van der Waals surface area contributed by atoms with Gasteiger partial charge in [0.1, 0.15) is 10.8 Å². The van der Waals surface area contributed by atoms with Crippen molar-refractivity contribution in [2.75, 3.05) is 19.5 Å². The van der Waals surface area contributed by atoms with E-state index in [4.69, 9.17) is 26.7 Å². The molecule has 5 aromatic rings. The summed E-state index contributed by atoms with van der Waals surface area (Å²) >= 11 is 7.63. The van der Waals surface area contributed by atoms with Gasteiger partial charge in [-0.1, -0.05) is 29.8 Å². The number of carboxylic acids is 1. The summed E-state index contributed by atoms with van der Waals surface area (Å²) in [5.74, 6) is -0.320. The molecule has 3 aromatic carbocycles. The van der Waals surface area contributed by atoms with E-state index in [1.54, 1.807) is 25.4 Å². The molecule has 0 spiro atoms. The smallest absolute Gasteiger partial charge is 0.307 e. The Hall–Kier alpha value is -4.27. The second-order valence-electron chi connectivity index (χ2n) is 8.96. The molecular formula is C30H25ClN4O3S. The highest BCUT2D eigenvalue weighted by Crippen LogP contribution is 2.43. The number of aromatic nitrogens is 2. The molecule has 9 heteroatoms. The van der Waals surface area contributed by atoms with E-state index in [1.807, 2.05) is 56.4 Å². The molecule has 0 saturated carbocycles. The highest BCUT2D eigenvalue weighted by molar-refractivity contribution is 7.22. The first-order valence-electron chi connectivity index (χ1n) is 12.1. The van der Waals surface area contributed by atoms with E-state index in [2.05, 4.69) is 10.3 Å². The summed E-state index contributed by atoms with van der Waals surface area (Å²) in [5.41, 5.74) is 8.07. The molecule has 39 heavy (non-hydrogen) atoms. The maximum atomic E-state index is 11.8. The molecule has 0 atom stereocenters. The van der Waals surface area contributed by atoms with Gasteiger partial charge < -0.3 is 20.6 Å². The fourth-order valence-electron chi connectivity index (χ4n) is 4.65. The molecule has 2 heterocycles. The fourth-order valence-corrected chi connectivity index (χ4v) is 5.94. The molecule has 0 amide bonds. The maximum Gasteiger partial charge on any atom is 0.307 e. The number of hydrogen-bond donors (Lipinski definition) is 3. The lowest BCUT2D eigenvalue weighted by Crippen LogP contribution is -2.04. The Bertz CT molecular complexity index is 1730. The molecule has 0 saturated heterocycles. The number of carboxylic acid groups (broad SMARTS) is 1. The van der Waals surface area contributed by atoms with E-state index < -0.39 is 5.97 Å². The minimum Gasteiger partial charge on any atom is -0.494 e. The number of methoxy groups -OCH3 is 1. The van der Waals surface area contributed by atoms with Gasteiger partial charge >= 0.3 is 5.97 Å². The highest BCUT2D eigenvalue weighted by atomic mass is 35.5. The van der Waals surface area contributed by atoms with Gasteiger partial charge in [-0.05, 0) is 60.0 Å². The molecule has 0 unspecified atom stereocenters. The number of carbonyl (C=O) groups is 1. The number of aliphatic carboxylic acids is 1. The lowest BCUT2D eigenvalue weighted by atomic mass is 9.93. The second-order valence-corrected chi connectivity index (χ2v) is 10.4. The average molecular weight is 557 g/mol. The molecular weight excluding hydrogens is 532 g/mol. The lowest BCUT2D eigenvalue weighted by molar-refractivity contribution is -0.136. The van der Waals surface area contributed by atoms with Crippen LogP contribution in [0.5, 0.6) is 5.75 Å². The van der Waals surface area contributed by atoms with Crippen molar-refractivity contribution in [3.05, 3.63) is 82.5 Å². The third kappa shape index (κ3) is 5.08. The number of aryl methyl sites for hydroxylation is 1. The van der Waals surface area contributed by atoms with Crippen LogP contribution in [0.25, 0.3) is 43.2 Å². The van der Waals surface area contributed by atoms with Gasteiger partial charge in [0.2, 0.25) is 0 Å². The van der Waals surface area contributed by atoms with Crippen molar-refractivity contribution in [1.29, 1.82) is 5.41 Å². The van der Waals surface area contributed by atoms with Crippen LogP contribution in [0.15, 0.2) is 60.8 Å². The van der Waals surface area contributed by atoms with Crippen LogP contribution in [-0.4, -0.2) is 41.4 Å². The number of rotatable bonds is 8. The van der Waals surface area contributed by atoms with Crippen molar-refractivity contribution < 1.29 is 14.6 Å². The molecule has 0 bridgehead atoms. The van der Waals surface area contributed by atoms with Gasteiger partial charge in [0.15, 0.2) is 0 Å². The Morgan fingerprint density at radius 1 is 1.15 bits per heavy atom. The molecule has 0 aliphatic rings. The van der Waals surface area contributed by atoms with E-state index in [-0.39, 0.29) is 6.42 Å². The monoisotopic (exact) mass is 556 g/mol. The SMILES string of the molecule is CNc1ccc(-c2cc(-c3nc4cc(C)c(CC(=O)O)c(-c5ccc(Cl)cc5)c4s3)c(OC)cn2)cc1C=N. The number of nitrogens with one attached hydrogen (secondary N) is 2. The molecule has 196 valence electrons.